The zero-order chi connectivity index (χ0) is 22.2. The van der Waals surface area contributed by atoms with Crippen molar-refractivity contribution in [3.05, 3.63) is 108 Å². The zero-order valence-electron chi connectivity index (χ0n) is 17.4. The molecule has 0 saturated carbocycles. The maximum atomic E-state index is 12.9. The number of carbonyl (C=O) groups is 2. The highest BCUT2D eigenvalue weighted by atomic mass is 16.3. The van der Waals surface area contributed by atoms with Crippen molar-refractivity contribution in [2.75, 3.05) is 17.2 Å². The molecule has 0 radical (unpaired) electrons. The van der Waals surface area contributed by atoms with Crippen molar-refractivity contribution < 1.29 is 18.4 Å². The predicted molar refractivity (Wildman–Crippen MR) is 121 cm³/mol. The second kappa shape index (κ2) is 10.3. The monoisotopic (exact) mass is 429 g/mol. The first-order valence-corrected chi connectivity index (χ1v) is 10.2. The van der Waals surface area contributed by atoms with Crippen LogP contribution in [0.5, 0.6) is 0 Å². The summed E-state index contributed by atoms with van der Waals surface area (Å²) < 4.78 is 10.9. The van der Waals surface area contributed by atoms with Gasteiger partial charge in [0.1, 0.15) is 11.5 Å². The minimum atomic E-state index is -0.296. The van der Waals surface area contributed by atoms with Gasteiger partial charge in [-0.1, -0.05) is 30.3 Å². The van der Waals surface area contributed by atoms with Crippen LogP contribution >= 0.6 is 0 Å². The van der Waals surface area contributed by atoms with Gasteiger partial charge in [0.25, 0.3) is 5.91 Å². The van der Waals surface area contributed by atoms with Gasteiger partial charge in [0.05, 0.1) is 43.4 Å². The van der Waals surface area contributed by atoms with E-state index in [2.05, 4.69) is 10.6 Å². The highest BCUT2D eigenvalue weighted by Crippen LogP contribution is 2.18. The first-order valence-electron chi connectivity index (χ1n) is 10.2. The van der Waals surface area contributed by atoms with E-state index in [0.717, 1.165) is 11.5 Å². The second-order valence-corrected chi connectivity index (χ2v) is 7.22. The van der Waals surface area contributed by atoms with Crippen molar-refractivity contribution in [2.45, 2.75) is 13.1 Å². The maximum Gasteiger partial charge on any atom is 0.257 e. The minimum Gasteiger partial charge on any atom is -0.468 e. The highest BCUT2D eigenvalue weighted by Gasteiger charge is 2.17. The highest BCUT2D eigenvalue weighted by molar-refractivity contribution is 6.10. The van der Waals surface area contributed by atoms with Crippen molar-refractivity contribution in [3.8, 4) is 0 Å². The van der Waals surface area contributed by atoms with E-state index in [-0.39, 0.29) is 18.4 Å². The molecule has 162 valence electrons. The molecule has 2 aromatic heterocycles. The molecule has 0 aliphatic carbocycles. The Morgan fingerprint density at radius 3 is 1.97 bits per heavy atom. The molecule has 7 heteroatoms. The molecule has 4 rings (SSSR count). The number of benzene rings is 2. The zero-order valence-corrected chi connectivity index (χ0v) is 17.4. The summed E-state index contributed by atoms with van der Waals surface area (Å²) in [4.78, 5) is 27.5. The number of nitrogens with zero attached hydrogens (tertiary/aromatic N) is 1. The molecule has 2 amide bonds. The molecule has 0 aliphatic heterocycles. The van der Waals surface area contributed by atoms with Gasteiger partial charge < -0.3 is 19.5 Å². The van der Waals surface area contributed by atoms with E-state index in [1.54, 1.807) is 48.9 Å². The summed E-state index contributed by atoms with van der Waals surface area (Å²) in [5, 5.41) is 5.71. The fourth-order valence-electron chi connectivity index (χ4n) is 3.32. The minimum absolute atomic E-state index is 0.0933. The number of anilines is 2. The average molecular weight is 429 g/mol. The Bertz CT molecular complexity index is 1100. The topological polar surface area (TPSA) is 87.7 Å². The first-order chi connectivity index (χ1) is 15.7. The van der Waals surface area contributed by atoms with Gasteiger partial charge in [-0.15, -0.1) is 0 Å². The molecule has 2 heterocycles. The Hall–Kier alpha value is -4.10. The van der Waals surface area contributed by atoms with E-state index in [0.29, 0.717) is 30.0 Å². The lowest BCUT2D eigenvalue weighted by atomic mass is 10.1. The summed E-state index contributed by atoms with van der Waals surface area (Å²) in [6, 6.07) is 23.4. The molecule has 0 spiro atoms. The molecule has 0 atom stereocenters. The van der Waals surface area contributed by atoms with Crippen LogP contribution in [-0.4, -0.2) is 23.3 Å². The molecular formula is C25H23N3O4. The standard InChI is InChI=1S/C25H23N3O4/c29-24(18-28(16-20-10-6-14-31-20)17-21-11-7-15-32-21)27-23-13-5-4-12-22(23)25(30)26-19-8-2-1-3-9-19/h1-15H,16-18H2,(H,26,30)(H,27,29). The number of carbonyl (C=O) groups excluding carboxylic acids is 2. The second-order valence-electron chi connectivity index (χ2n) is 7.22. The van der Waals surface area contributed by atoms with Gasteiger partial charge in [0, 0.05) is 5.69 Å². The van der Waals surface area contributed by atoms with Gasteiger partial charge in [0.15, 0.2) is 0 Å². The molecule has 7 nitrogen and oxygen atoms in total. The van der Waals surface area contributed by atoms with Crippen molar-refractivity contribution >= 4 is 23.2 Å². The Labute approximate surface area is 185 Å². The normalized spacial score (nSPS) is 10.8. The third-order valence-corrected chi connectivity index (χ3v) is 4.76. The van der Waals surface area contributed by atoms with Crippen molar-refractivity contribution in [1.29, 1.82) is 0 Å². The lowest BCUT2D eigenvalue weighted by Crippen LogP contribution is -2.32. The van der Waals surface area contributed by atoms with E-state index in [1.807, 2.05) is 47.4 Å². The van der Waals surface area contributed by atoms with E-state index < -0.39 is 0 Å². The number of para-hydroxylation sites is 2. The summed E-state index contributed by atoms with van der Waals surface area (Å²) in [5.74, 6) is 0.942. The molecule has 0 fully saturated rings. The number of hydrogen-bond donors (Lipinski definition) is 2. The van der Waals surface area contributed by atoms with Crippen LogP contribution in [0.2, 0.25) is 0 Å². The van der Waals surface area contributed by atoms with E-state index in [4.69, 9.17) is 8.83 Å². The van der Waals surface area contributed by atoms with Gasteiger partial charge in [-0.3, -0.25) is 14.5 Å². The Morgan fingerprint density at radius 2 is 1.34 bits per heavy atom. The maximum absolute atomic E-state index is 12.9. The molecule has 0 bridgehead atoms. The third-order valence-electron chi connectivity index (χ3n) is 4.76. The summed E-state index contributed by atoms with van der Waals surface area (Å²) >= 11 is 0. The first kappa shape index (κ1) is 21.1. The quantitative estimate of drug-likeness (QED) is 0.400. The van der Waals surface area contributed by atoms with Crippen LogP contribution < -0.4 is 10.6 Å². The van der Waals surface area contributed by atoms with Crippen molar-refractivity contribution in [1.82, 2.24) is 4.90 Å². The Balaban J connectivity index is 1.44. The largest absolute Gasteiger partial charge is 0.468 e. The van der Waals surface area contributed by atoms with Gasteiger partial charge in [-0.05, 0) is 48.5 Å². The van der Waals surface area contributed by atoms with Crippen LogP contribution in [0.3, 0.4) is 0 Å². The molecule has 0 aliphatic rings. The number of nitrogens with one attached hydrogen (secondary N) is 2. The predicted octanol–water partition coefficient (Wildman–Crippen LogP) is 4.77. The van der Waals surface area contributed by atoms with E-state index in [1.165, 1.54) is 0 Å². The van der Waals surface area contributed by atoms with Gasteiger partial charge in [0.2, 0.25) is 5.91 Å². The van der Waals surface area contributed by atoms with Crippen LogP contribution in [-0.2, 0) is 17.9 Å². The van der Waals surface area contributed by atoms with Crippen LogP contribution in [0.4, 0.5) is 11.4 Å². The lowest BCUT2D eigenvalue weighted by molar-refractivity contribution is -0.117. The SMILES string of the molecule is O=C(CN(Cc1ccco1)Cc1ccco1)Nc1ccccc1C(=O)Nc1ccccc1. The van der Waals surface area contributed by atoms with Gasteiger partial charge >= 0.3 is 0 Å². The van der Waals surface area contributed by atoms with Crippen LogP contribution in [0.25, 0.3) is 0 Å². The Kier molecular flexibility index (Phi) is 6.79. The van der Waals surface area contributed by atoms with Crippen molar-refractivity contribution in [2.24, 2.45) is 0 Å². The third kappa shape index (κ3) is 5.74. The molecular weight excluding hydrogens is 406 g/mol. The fraction of sp³-hybridized carbons (Fsp3) is 0.120. The van der Waals surface area contributed by atoms with Crippen LogP contribution in [0.15, 0.2) is 100 Å². The molecule has 2 N–H and O–H groups in total. The summed E-state index contributed by atoms with van der Waals surface area (Å²) in [6.07, 6.45) is 3.20. The van der Waals surface area contributed by atoms with Crippen LogP contribution in [0.1, 0.15) is 21.9 Å². The number of rotatable bonds is 9. The molecule has 4 aromatic rings. The van der Waals surface area contributed by atoms with E-state index in [9.17, 15) is 9.59 Å². The molecule has 0 saturated heterocycles. The molecule has 32 heavy (non-hydrogen) atoms. The fourth-order valence-corrected chi connectivity index (χ4v) is 3.32. The van der Waals surface area contributed by atoms with Crippen molar-refractivity contribution in [3.63, 3.8) is 0 Å². The number of amides is 2. The van der Waals surface area contributed by atoms with Crippen LogP contribution in [0, 0.1) is 0 Å². The Morgan fingerprint density at radius 1 is 0.719 bits per heavy atom. The lowest BCUT2D eigenvalue weighted by Gasteiger charge is -2.20. The van der Waals surface area contributed by atoms with Gasteiger partial charge in [-0.2, -0.15) is 0 Å². The summed E-state index contributed by atoms with van der Waals surface area (Å²) in [5.41, 5.74) is 1.51. The summed E-state index contributed by atoms with van der Waals surface area (Å²) in [7, 11) is 0. The smallest absolute Gasteiger partial charge is 0.257 e. The number of furan rings is 2. The average Bonchev–Trinajstić information content (AvgIpc) is 3.49. The molecule has 2 aromatic carbocycles. The summed E-state index contributed by atoms with van der Waals surface area (Å²) in [6.45, 7) is 0.977. The number of hydrogen-bond acceptors (Lipinski definition) is 5. The molecule has 0 unspecified atom stereocenters. The van der Waals surface area contributed by atoms with E-state index >= 15 is 0 Å². The van der Waals surface area contributed by atoms with Gasteiger partial charge in [-0.25, -0.2) is 0 Å².